The summed E-state index contributed by atoms with van der Waals surface area (Å²) in [6, 6.07) is 3.70. The van der Waals surface area contributed by atoms with Crippen LogP contribution in [0.5, 0.6) is 0 Å². The number of halogens is 1. The average molecular weight is 274 g/mol. The fraction of sp³-hybridized carbons (Fsp3) is 0.583. The number of aromatic nitrogens is 1. The largest absolute Gasteiger partial charge is 0.395 e. The molecule has 0 spiro atoms. The molecule has 2 heterocycles. The second-order valence-corrected chi connectivity index (χ2v) is 4.23. The fourth-order valence-electron chi connectivity index (χ4n) is 2.00. The lowest BCUT2D eigenvalue weighted by Gasteiger charge is -2.29. The molecule has 0 aliphatic carbocycles. The Hall–Kier alpha value is -0.880. The van der Waals surface area contributed by atoms with Gasteiger partial charge in [0, 0.05) is 25.3 Å². The van der Waals surface area contributed by atoms with Crippen molar-refractivity contribution in [3.8, 4) is 0 Å². The molecule has 3 N–H and O–H groups in total. The van der Waals surface area contributed by atoms with Gasteiger partial charge in [0.1, 0.15) is 5.82 Å². The molecule has 6 heteroatoms. The molecule has 0 amide bonds. The summed E-state index contributed by atoms with van der Waals surface area (Å²) >= 11 is 0. The van der Waals surface area contributed by atoms with E-state index in [0.29, 0.717) is 6.42 Å². The van der Waals surface area contributed by atoms with E-state index in [0.717, 1.165) is 37.7 Å². The van der Waals surface area contributed by atoms with Gasteiger partial charge in [-0.15, -0.1) is 12.4 Å². The summed E-state index contributed by atoms with van der Waals surface area (Å²) in [5.74, 6) is 0.972. The minimum absolute atomic E-state index is 0. The molecule has 102 valence electrons. The topological polar surface area (TPSA) is 71.6 Å². The minimum Gasteiger partial charge on any atom is -0.395 e. The summed E-state index contributed by atoms with van der Waals surface area (Å²) in [5.41, 5.74) is 6.88. The standard InChI is InChI=1S/C12H19N3O2.ClH/c13-11(9-16)8-10-2-1-3-14-12(10)15-4-6-17-7-5-15;/h1-3,11,16H,4-9,13H2;1H. The first-order chi connectivity index (χ1) is 8.31. The Balaban J connectivity index is 0.00000162. The van der Waals surface area contributed by atoms with E-state index in [1.165, 1.54) is 0 Å². The van der Waals surface area contributed by atoms with E-state index in [1.54, 1.807) is 6.20 Å². The molecule has 1 atom stereocenters. The van der Waals surface area contributed by atoms with Crippen molar-refractivity contribution in [2.75, 3.05) is 37.8 Å². The van der Waals surface area contributed by atoms with E-state index in [-0.39, 0.29) is 25.1 Å². The summed E-state index contributed by atoms with van der Waals surface area (Å²) in [7, 11) is 0. The first-order valence-electron chi connectivity index (χ1n) is 5.94. The van der Waals surface area contributed by atoms with Crippen LogP contribution in [0.4, 0.5) is 5.82 Å². The number of aliphatic hydroxyl groups excluding tert-OH is 1. The maximum atomic E-state index is 9.02. The van der Waals surface area contributed by atoms with Gasteiger partial charge < -0.3 is 20.5 Å². The second kappa shape index (κ2) is 7.53. The van der Waals surface area contributed by atoms with Gasteiger partial charge in [-0.05, 0) is 18.1 Å². The number of aliphatic hydroxyl groups is 1. The predicted octanol–water partition coefficient (Wildman–Crippen LogP) is 0.202. The lowest BCUT2D eigenvalue weighted by Crippen LogP contribution is -2.38. The molecule has 2 rings (SSSR count). The number of anilines is 1. The van der Waals surface area contributed by atoms with Gasteiger partial charge in [-0.25, -0.2) is 4.98 Å². The Morgan fingerprint density at radius 2 is 2.17 bits per heavy atom. The lowest BCUT2D eigenvalue weighted by atomic mass is 10.1. The Labute approximate surface area is 113 Å². The van der Waals surface area contributed by atoms with E-state index in [1.807, 2.05) is 12.1 Å². The molecule has 0 aromatic carbocycles. The number of hydrogen-bond donors (Lipinski definition) is 2. The predicted molar refractivity (Wildman–Crippen MR) is 73.3 cm³/mol. The highest BCUT2D eigenvalue weighted by Gasteiger charge is 2.16. The lowest BCUT2D eigenvalue weighted by molar-refractivity contribution is 0.122. The molecular weight excluding hydrogens is 254 g/mol. The molecule has 1 aromatic rings. The van der Waals surface area contributed by atoms with Crippen molar-refractivity contribution in [2.45, 2.75) is 12.5 Å². The zero-order chi connectivity index (χ0) is 12.1. The normalized spacial score (nSPS) is 17.1. The number of nitrogens with zero attached hydrogens (tertiary/aromatic N) is 2. The van der Waals surface area contributed by atoms with Crippen LogP contribution in [0.3, 0.4) is 0 Å². The monoisotopic (exact) mass is 273 g/mol. The summed E-state index contributed by atoms with van der Waals surface area (Å²) in [6.45, 7) is 3.19. The first-order valence-corrected chi connectivity index (χ1v) is 5.94. The van der Waals surface area contributed by atoms with Gasteiger partial charge in [-0.2, -0.15) is 0 Å². The SMILES string of the molecule is Cl.NC(CO)Cc1cccnc1N1CCOCC1. The van der Waals surface area contributed by atoms with E-state index < -0.39 is 0 Å². The summed E-state index contributed by atoms with van der Waals surface area (Å²) in [5, 5.41) is 9.02. The summed E-state index contributed by atoms with van der Waals surface area (Å²) in [6.07, 6.45) is 2.44. The van der Waals surface area contributed by atoms with Gasteiger partial charge in [0.25, 0.3) is 0 Å². The number of morpholine rings is 1. The van der Waals surface area contributed by atoms with Crippen molar-refractivity contribution in [2.24, 2.45) is 5.73 Å². The Kier molecular flexibility index (Phi) is 6.35. The highest BCUT2D eigenvalue weighted by molar-refractivity contribution is 5.85. The molecule has 1 aliphatic heterocycles. The third kappa shape index (κ3) is 3.81. The van der Waals surface area contributed by atoms with Gasteiger partial charge in [0.2, 0.25) is 0 Å². The van der Waals surface area contributed by atoms with Crippen LogP contribution < -0.4 is 10.6 Å². The molecule has 18 heavy (non-hydrogen) atoms. The number of pyridine rings is 1. The van der Waals surface area contributed by atoms with E-state index in [4.69, 9.17) is 15.6 Å². The molecule has 1 aromatic heterocycles. The van der Waals surface area contributed by atoms with E-state index >= 15 is 0 Å². The third-order valence-electron chi connectivity index (χ3n) is 2.89. The first kappa shape index (κ1) is 15.2. The maximum absolute atomic E-state index is 9.02. The summed E-state index contributed by atoms with van der Waals surface area (Å²) < 4.78 is 5.33. The Morgan fingerprint density at radius 3 is 2.83 bits per heavy atom. The van der Waals surface area contributed by atoms with Crippen molar-refractivity contribution in [1.82, 2.24) is 4.98 Å². The smallest absolute Gasteiger partial charge is 0.131 e. The molecular formula is C12H20ClN3O2. The quantitative estimate of drug-likeness (QED) is 0.820. The second-order valence-electron chi connectivity index (χ2n) is 4.23. The summed E-state index contributed by atoms with van der Waals surface area (Å²) in [4.78, 5) is 6.63. The van der Waals surface area contributed by atoms with Crippen LogP contribution in [0, 0.1) is 0 Å². The number of nitrogens with two attached hydrogens (primary N) is 1. The van der Waals surface area contributed by atoms with Crippen LogP contribution in [0.2, 0.25) is 0 Å². The van der Waals surface area contributed by atoms with Crippen molar-refractivity contribution in [3.05, 3.63) is 23.9 Å². The zero-order valence-corrected chi connectivity index (χ0v) is 11.1. The Morgan fingerprint density at radius 1 is 1.44 bits per heavy atom. The fourth-order valence-corrected chi connectivity index (χ4v) is 2.00. The van der Waals surface area contributed by atoms with Gasteiger partial charge in [0.15, 0.2) is 0 Å². The molecule has 0 saturated carbocycles. The molecule has 0 radical (unpaired) electrons. The zero-order valence-electron chi connectivity index (χ0n) is 10.3. The van der Waals surface area contributed by atoms with Crippen LogP contribution in [0.25, 0.3) is 0 Å². The molecule has 0 bridgehead atoms. The number of ether oxygens (including phenoxy) is 1. The minimum atomic E-state index is -0.223. The molecule has 1 unspecified atom stereocenters. The van der Waals surface area contributed by atoms with Crippen molar-refractivity contribution in [1.29, 1.82) is 0 Å². The maximum Gasteiger partial charge on any atom is 0.131 e. The molecule has 1 aliphatic rings. The average Bonchev–Trinajstić information content (AvgIpc) is 2.40. The highest BCUT2D eigenvalue weighted by Crippen LogP contribution is 2.19. The Bertz CT molecular complexity index is 359. The third-order valence-corrected chi connectivity index (χ3v) is 2.89. The van der Waals surface area contributed by atoms with Crippen LogP contribution in [-0.4, -0.2) is 49.0 Å². The molecule has 1 saturated heterocycles. The van der Waals surface area contributed by atoms with Crippen LogP contribution >= 0.6 is 12.4 Å². The highest BCUT2D eigenvalue weighted by atomic mass is 35.5. The van der Waals surface area contributed by atoms with Crippen LogP contribution in [0.1, 0.15) is 5.56 Å². The van der Waals surface area contributed by atoms with Gasteiger partial charge >= 0.3 is 0 Å². The molecule has 5 nitrogen and oxygen atoms in total. The van der Waals surface area contributed by atoms with Crippen LogP contribution in [0.15, 0.2) is 18.3 Å². The van der Waals surface area contributed by atoms with Gasteiger partial charge in [-0.3, -0.25) is 0 Å². The van der Waals surface area contributed by atoms with Crippen molar-refractivity contribution in [3.63, 3.8) is 0 Å². The van der Waals surface area contributed by atoms with E-state index in [9.17, 15) is 0 Å². The number of hydrogen-bond acceptors (Lipinski definition) is 5. The van der Waals surface area contributed by atoms with Gasteiger partial charge in [-0.1, -0.05) is 6.07 Å². The van der Waals surface area contributed by atoms with Crippen molar-refractivity contribution < 1.29 is 9.84 Å². The van der Waals surface area contributed by atoms with Gasteiger partial charge in [0.05, 0.1) is 19.8 Å². The van der Waals surface area contributed by atoms with Crippen molar-refractivity contribution >= 4 is 18.2 Å². The van der Waals surface area contributed by atoms with Crippen LogP contribution in [-0.2, 0) is 11.2 Å². The number of rotatable bonds is 4. The van der Waals surface area contributed by atoms with E-state index in [2.05, 4.69) is 9.88 Å². The molecule has 1 fully saturated rings.